The van der Waals surface area contributed by atoms with E-state index in [0.29, 0.717) is 23.3 Å². The van der Waals surface area contributed by atoms with Gasteiger partial charge in [0.25, 0.3) is 5.69 Å². The molecule has 0 aliphatic carbocycles. The monoisotopic (exact) mass is 232 g/mol. The smallest absolute Gasteiger partial charge is 0.279 e. The van der Waals surface area contributed by atoms with E-state index in [9.17, 15) is 10.1 Å². The Balaban J connectivity index is 2.58. The van der Waals surface area contributed by atoms with Crippen molar-refractivity contribution in [1.82, 2.24) is 4.98 Å². The van der Waals surface area contributed by atoms with Gasteiger partial charge in [-0.2, -0.15) is 0 Å². The van der Waals surface area contributed by atoms with E-state index in [-0.39, 0.29) is 5.69 Å². The minimum Gasteiger partial charge on any atom is -0.491 e. The number of nitro benzene ring substituents is 1. The first kappa shape index (κ1) is 11.3. The summed E-state index contributed by atoms with van der Waals surface area (Å²) in [5, 5.41) is 11.4. The fraction of sp³-hybridized carbons (Fsp3) is 0.250. The summed E-state index contributed by atoms with van der Waals surface area (Å²) < 4.78 is 5.52. The van der Waals surface area contributed by atoms with Crippen LogP contribution in [-0.2, 0) is 0 Å². The Morgan fingerprint density at radius 2 is 2.24 bits per heavy atom. The summed E-state index contributed by atoms with van der Waals surface area (Å²) in [6.07, 6.45) is 2.48. The normalized spacial score (nSPS) is 10.4. The number of pyridine rings is 1. The summed E-state index contributed by atoms with van der Waals surface area (Å²) in [7, 11) is 0. The Bertz CT molecular complexity index is 554. The van der Waals surface area contributed by atoms with E-state index in [4.69, 9.17) is 4.74 Å². The quantitative estimate of drug-likeness (QED) is 0.600. The number of non-ortho nitro benzene ring substituents is 1. The predicted molar refractivity (Wildman–Crippen MR) is 64.2 cm³/mol. The highest BCUT2D eigenvalue weighted by atomic mass is 16.6. The molecule has 0 unspecified atom stereocenters. The molecule has 1 heterocycles. The second kappa shape index (κ2) is 4.78. The zero-order valence-electron chi connectivity index (χ0n) is 9.42. The van der Waals surface area contributed by atoms with Crippen molar-refractivity contribution in [2.45, 2.75) is 13.3 Å². The lowest BCUT2D eigenvalue weighted by atomic mass is 10.1. The fourth-order valence-electron chi connectivity index (χ4n) is 1.62. The molecule has 5 nitrogen and oxygen atoms in total. The van der Waals surface area contributed by atoms with Crippen molar-refractivity contribution < 1.29 is 9.66 Å². The molecule has 0 fully saturated rings. The van der Waals surface area contributed by atoms with Crippen LogP contribution in [0.25, 0.3) is 10.9 Å². The highest BCUT2D eigenvalue weighted by Crippen LogP contribution is 2.31. The number of benzene rings is 1. The van der Waals surface area contributed by atoms with E-state index in [2.05, 4.69) is 4.98 Å². The number of fused-ring (bicyclic) bond motifs is 1. The van der Waals surface area contributed by atoms with Crippen LogP contribution in [0.1, 0.15) is 13.3 Å². The number of aromatic nitrogens is 1. The summed E-state index contributed by atoms with van der Waals surface area (Å²) in [6, 6.07) is 6.41. The van der Waals surface area contributed by atoms with Gasteiger partial charge in [-0.15, -0.1) is 0 Å². The van der Waals surface area contributed by atoms with Gasteiger partial charge < -0.3 is 4.74 Å². The highest BCUT2D eigenvalue weighted by molar-refractivity contribution is 5.92. The van der Waals surface area contributed by atoms with Gasteiger partial charge in [-0.05, 0) is 24.6 Å². The molecule has 0 amide bonds. The van der Waals surface area contributed by atoms with Crippen molar-refractivity contribution >= 4 is 16.6 Å². The first-order valence-electron chi connectivity index (χ1n) is 5.39. The molecule has 0 radical (unpaired) electrons. The Hall–Kier alpha value is -2.17. The van der Waals surface area contributed by atoms with E-state index in [1.807, 2.05) is 6.92 Å². The zero-order chi connectivity index (χ0) is 12.3. The van der Waals surface area contributed by atoms with E-state index in [0.717, 1.165) is 6.42 Å². The molecule has 0 spiro atoms. The Morgan fingerprint density at radius 1 is 1.41 bits per heavy atom. The molecular weight excluding hydrogens is 220 g/mol. The molecule has 5 heteroatoms. The van der Waals surface area contributed by atoms with Gasteiger partial charge in [-0.1, -0.05) is 6.92 Å². The van der Waals surface area contributed by atoms with Gasteiger partial charge in [-0.25, -0.2) is 0 Å². The molecule has 0 saturated carbocycles. The number of hydrogen-bond donors (Lipinski definition) is 0. The minimum absolute atomic E-state index is 0.0527. The molecule has 2 aromatic rings. The van der Waals surface area contributed by atoms with Crippen molar-refractivity contribution in [3.63, 3.8) is 0 Å². The van der Waals surface area contributed by atoms with Crippen molar-refractivity contribution in [3.05, 3.63) is 40.6 Å². The first-order valence-corrected chi connectivity index (χ1v) is 5.39. The van der Waals surface area contributed by atoms with Crippen LogP contribution in [0.4, 0.5) is 5.69 Å². The van der Waals surface area contributed by atoms with Gasteiger partial charge in [-0.3, -0.25) is 15.1 Å². The van der Waals surface area contributed by atoms with Gasteiger partial charge in [0.1, 0.15) is 11.3 Å². The molecule has 0 saturated heterocycles. The third-order valence-electron chi connectivity index (χ3n) is 2.37. The van der Waals surface area contributed by atoms with Crippen molar-refractivity contribution in [2.75, 3.05) is 6.61 Å². The maximum absolute atomic E-state index is 10.9. The average Bonchev–Trinajstić information content (AvgIpc) is 2.35. The Kier molecular flexibility index (Phi) is 3.18. The molecule has 0 N–H and O–H groups in total. The molecule has 0 aliphatic rings. The van der Waals surface area contributed by atoms with Crippen LogP contribution in [0.5, 0.6) is 5.75 Å². The molecule has 0 bridgehead atoms. The number of ether oxygens (including phenoxy) is 1. The highest BCUT2D eigenvalue weighted by Gasteiger charge is 2.15. The molecule has 0 aliphatic heterocycles. The standard InChI is InChI=1S/C12H12N2O3/c1-2-8-17-11-6-5-10(14(15)16)9-4-3-7-13-12(9)11/h3-7H,2,8H2,1H3. The van der Waals surface area contributed by atoms with Gasteiger partial charge in [0.05, 0.1) is 16.9 Å². The SMILES string of the molecule is CCCOc1ccc([N+](=O)[O-])c2cccnc12. The van der Waals surface area contributed by atoms with E-state index < -0.39 is 4.92 Å². The molecular formula is C12H12N2O3. The summed E-state index contributed by atoms with van der Waals surface area (Å²) in [5.74, 6) is 0.591. The number of nitrogens with zero attached hydrogens (tertiary/aromatic N) is 2. The second-order valence-electron chi connectivity index (χ2n) is 3.59. The van der Waals surface area contributed by atoms with Gasteiger partial charge in [0.2, 0.25) is 0 Å². The Labute approximate surface area is 98.2 Å². The van der Waals surface area contributed by atoms with Crippen LogP contribution in [0.2, 0.25) is 0 Å². The molecule has 0 atom stereocenters. The summed E-state index contributed by atoms with van der Waals surface area (Å²) in [6.45, 7) is 2.57. The topological polar surface area (TPSA) is 65.3 Å². The largest absolute Gasteiger partial charge is 0.491 e. The van der Waals surface area contributed by atoms with Gasteiger partial charge >= 0.3 is 0 Å². The van der Waals surface area contributed by atoms with Crippen LogP contribution in [0.15, 0.2) is 30.5 Å². The van der Waals surface area contributed by atoms with Crippen molar-refractivity contribution in [3.8, 4) is 5.75 Å². The van der Waals surface area contributed by atoms with E-state index in [1.165, 1.54) is 6.07 Å². The number of nitro groups is 1. The van der Waals surface area contributed by atoms with Gasteiger partial charge in [0, 0.05) is 12.3 Å². The Morgan fingerprint density at radius 3 is 2.94 bits per heavy atom. The number of hydrogen-bond acceptors (Lipinski definition) is 4. The third-order valence-corrected chi connectivity index (χ3v) is 2.37. The van der Waals surface area contributed by atoms with Crippen LogP contribution in [0.3, 0.4) is 0 Å². The lowest BCUT2D eigenvalue weighted by Crippen LogP contribution is -1.98. The summed E-state index contributed by atoms with van der Waals surface area (Å²) in [5.41, 5.74) is 0.590. The van der Waals surface area contributed by atoms with Crippen LogP contribution in [-0.4, -0.2) is 16.5 Å². The van der Waals surface area contributed by atoms with E-state index >= 15 is 0 Å². The zero-order valence-corrected chi connectivity index (χ0v) is 9.42. The summed E-state index contributed by atoms with van der Waals surface area (Å²) >= 11 is 0. The maximum atomic E-state index is 10.9. The molecule has 17 heavy (non-hydrogen) atoms. The average molecular weight is 232 g/mol. The van der Waals surface area contributed by atoms with E-state index in [1.54, 1.807) is 24.4 Å². The lowest BCUT2D eigenvalue weighted by molar-refractivity contribution is -0.383. The maximum Gasteiger partial charge on any atom is 0.279 e. The molecule has 1 aromatic heterocycles. The lowest BCUT2D eigenvalue weighted by Gasteiger charge is -2.07. The van der Waals surface area contributed by atoms with Crippen molar-refractivity contribution in [2.24, 2.45) is 0 Å². The first-order chi connectivity index (χ1) is 8.24. The second-order valence-corrected chi connectivity index (χ2v) is 3.59. The fourth-order valence-corrected chi connectivity index (χ4v) is 1.62. The predicted octanol–water partition coefficient (Wildman–Crippen LogP) is 2.93. The third kappa shape index (κ3) is 2.18. The van der Waals surface area contributed by atoms with Crippen LogP contribution in [0, 0.1) is 10.1 Å². The van der Waals surface area contributed by atoms with Crippen LogP contribution < -0.4 is 4.74 Å². The molecule has 1 aromatic carbocycles. The molecule has 88 valence electrons. The van der Waals surface area contributed by atoms with Crippen LogP contribution >= 0.6 is 0 Å². The minimum atomic E-state index is -0.409. The van der Waals surface area contributed by atoms with Crippen molar-refractivity contribution in [1.29, 1.82) is 0 Å². The summed E-state index contributed by atoms with van der Waals surface area (Å²) in [4.78, 5) is 14.6. The van der Waals surface area contributed by atoms with Gasteiger partial charge in [0.15, 0.2) is 0 Å². The molecule has 2 rings (SSSR count). The number of rotatable bonds is 4.